The molecule has 1 saturated heterocycles. The van der Waals surface area contributed by atoms with Gasteiger partial charge in [0.1, 0.15) is 11.6 Å². The van der Waals surface area contributed by atoms with E-state index >= 15 is 0 Å². The van der Waals surface area contributed by atoms with Crippen molar-refractivity contribution in [3.63, 3.8) is 0 Å². The molecule has 14 heteroatoms. The molecule has 1 aliphatic heterocycles. The average molecular weight is 501 g/mol. The van der Waals surface area contributed by atoms with Crippen LogP contribution in [0.2, 0.25) is 0 Å². The van der Waals surface area contributed by atoms with Gasteiger partial charge in [0, 0.05) is 30.1 Å². The molecule has 2 amide bonds. The number of furan rings is 1. The summed E-state index contributed by atoms with van der Waals surface area (Å²) in [5.41, 5.74) is 0.796. The number of fused-ring (bicyclic) bond motifs is 1. The Labute approximate surface area is 194 Å². The van der Waals surface area contributed by atoms with Gasteiger partial charge in [0.2, 0.25) is 5.95 Å². The Kier molecular flexibility index (Phi) is 7.71. The van der Waals surface area contributed by atoms with E-state index in [9.17, 15) is 31.5 Å². The number of rotatable bonds is 5. The summed E-state index contributed by atoms with van der Waals surface area (Å²) in [6.07, 6.45) is 2.82. The van der Waals surface area contributed by atoms with Crippen LogP contribution in [0.4, 0.5) is 38.4 Å². The SMILES string of the molecule is Cc1c(C(C)NC(=O)Nc2cnc(N3CC(C(=O)O)C3)nc2)oc2c(F)cc(F)cc12.FC(F)F. The number of urea groups is 1. The fourth-order valence-electron chi connectivity index (χ4n) is 3.45. The van der Waals surface area contributed by atoms with Crippen molar-refractivity contribution in [1.82, 2.24) is 15.3 Å². The highest BCUT2D eigenvalue weighted by Gasteiger charge is 2.34. The van der Waals surface area contributed by atoms with E-state index in [1.807, 2.05) is 0 Å². The molecule has 0 bridgehead atoms. The van der Waals surface area contributed by atoms with E-state index < -0.39 is 42.3 Å². The number of aromatic nitrogens is 2. The number of halogens is 5. The summed E-state index contributed by atoms with van der Waals surface area (Å²) in [6.45, 7) is 0.317. The van der Waals surface area contributed by atoms with Crippen molar-refractivity contribution in [2.24, 2.45) is 5.92 Å². The summed E-state index contributed by atoms with van der Waals surface area (Å²) in [5, 5.41) is 14.5. The minimum Gasteiger partial charge on any atom is -0.481 e. The summed E-state index contributed by atoms with van der Waals surface area (Å²) in [7, 11) is 0. The van der Waals surface area contributed by atoms with Gasteiger partial charge in [0.25, 0.3) is 0 Å². The molecule has 4 rings (SSSR count). The number of carbonyl (C=O) groups excluding carboxylic acids is 1. The molecule has 35 heavy (non-hydrogen) atoms. The van der Waals surface area contributed by atoms with Gasteiger partial charge in [-0.1, -0.05) is 0 Å². The van der Waals surface area contributed by atoms with E-state index in [0.29, 0.717) is 41.4 Å². The Hall–Kier alpha value is -3.97. The molecule has 3 heterocycles. The number of benzene rings is 1. The van der Waals surface area contributed by atoms with Crippen molar-refractivity contribution in [2.45, 2.75) is 26.6 Å². The molecule has 2 aromatic heterocycles. The number of carboxylic acid groups (broad SMARTS) is 1. The number of hydrogen-bond acceptors (Lipinski definition) is 6. The lowest BCUT2D eigenvalue weighted by atomic mass is 10.0. The van der Waals surface area contributed by atoms with Crippen molar-refractivity contribution in [2.75, 3.05) is 23.3 Å². The fraction of sp³-hybridized carbons (Fsp3) is 0.333. The topological polar surface area (TPSA) is 121 Å². The van der Waals surface area contributed by atoms with Crippen LogP contribution in [0.25, 0.3) is 11.0 Å². The van der Waals surface area contributed by atoms with E-state index in [1.54, 1.807) is 18.7 Å². The third-order valence-electron chi connectivity index (χ3n) is 5.14. The van der Waals surface area contributed by atoms with Crippen LogP contribution in [0.15, 0.2) is 28.9 Å². The highest BCUT2D eigenvalue weighted by Crippen LogP contribution is 2.31. The van der Waals surface area contributed by atoms with Gasteiger partial charge in [0.05, 0.1) is 30.0 Å². The lowest BCUT2D eigenvalue weighted by molar-refractivity contribution is -0.142. The zero-order valence-electron chi connectivity index (χ0n) is 18.4. The lowest BCUT2D eigenvalue weighted by Crippen LogP contribution is -2.51. The first kappa shape index (κ1) is 25.6. The third kappa shape index (κ3) is 6.13. The van der Waals surface area contributed by atoms with Gasteiger partial charge >= 0.3 is 18.7 Å². The summed E-state index contributed by atoms with van der Waals surface area (Å²) in [4.78, 5) is 33.2. The Morgan fingerprint density at radius 2 is 1.77 bits per heavy atom. The molecule has 1 aromatic carbocycles. The molecule has 3 N–H and O–H groups in total. The maximum absolute atomic E-state index is 14.0. The van der Waals surface area contributed by atoms with E-state index in [1.165, 1.54) is 18.5 Å². The Morgan fingerprint density at radius 3 is 2.34 bits per heavy atom. The monoisotopic (exact) mass is 501 g/mol. The van der Waals surface area contributed by atoms with Crippen LogP contribution in [0.1, 0.15) is 24.3 Å². The van der Waals surface area contributed by atoms with Crippen LogP contribution in [0, 0.1) is 24.5 Å². The average Bonchev–Trinajstić information content (AvgIpc) is 3.04. The number of nitrogens with one attached hydrogen (secondary N) is 2. The van der Waals surface area contributed by atoms with Gasteiger partial charge in [-0.25, -0.2) is 23.5 Å². The molecular formula is C21H20F5N5O4. The summed E-state index contributed by atoms with van der Waals surface area (Å²) >= 11 is 0. The van der Waals surface area contributed by atoms with Gasteiger partial charge in [-0.2, -0.15) is 13.2 Å². The molecule has 1 unspecified atom stereocenters. The molecule has 1 fully saturated rings. The highest BCUT2D eigenvalue weighted by atomic mass is 19.4. The molecule has 0 aliphatic carbocycles. The number of nitrogens with zero attached hydrogens (tertiary/aromatic N) is 3. The third-order valence-corrected chi connectivity index (χ3v) is 5.14. The van der Waals surface area contributed by atoms with Crippen molar-refractivity contribution in [1.29, 1.82) is 0 Å². The van der Waals surface area contributed by atoms with Crippen LogP contribution in [0.5, 0.6) is 0 Å². The van der Waals surface area contributed by atoms with Gasteiger partial charge < -0.3 is 25.1 Å². The number of aryl methyl sites for hydroxylation is 1. The van der Waals surface area contributed by atoms with Crippen molar-refractivity contribution < 1.29 is 41.1 Å². The molecule has 0 spiro atoms. The molecule has 1 aliphatic rings. The second-order valence-electron chi connectivity index (χ2n) is 7.64. The summed E-state index contributed by atoms with van der Waals surface area (Å²) in [6, 6.07) is 0.740. The van der Waals surface area contributed by atoms with Gasteiger partial charge in [-0.15, -0.1) is 0 Å². The fourth-order valence-corrected chi connectivity index (χ4v) is 3.45. The molecule has 0 radical (unpaired) electrons. The second-order valence-corrected chi connectivity index (χ2v) is 7.64. The number of amides is 2. The molecular weight excluding hydrogens is 481 g/mol. The molecule has 188 valence electrons. The molecule has 1 atom stereocenters. The zero-order valence-corrected chi connectivity index (χ0v) is 18.4. The Balaban J connectivity index is 0.000000795. The van der Waals surface area contributed by atoms with Crippen molar-refractivity contribution in [3.05, 3.63) is 47.5 Å². The van der Waals surface area contributed by atoms with Crippen LogP contribution in [-0.4, -0.2) is 46.8 Å². The normalized spacial score (nSPS) is 14.2. The Morgan fingerprint density at radius 1 is 1.17 bits per heavy atom. The number of hydrogen-bond donors (Lipinski definition) is 3. The van der Waals surface area contributed by atoms with Crippen molar-refractivity contribution >= 4 is 34.6 Å². The van der Waals surface area contributed by atoms with Gasteiger partial charge in [-0.3, -0.25) is 4.79 Å². The van der Waals surface area contributed by atoms with E-state index in [-0.39, 0.29) is 5.58 Å². The lowest BCUT2D eigenvalue weighted by Gasteiger charge is -2.36. The standard InChI is InChI=1S/C20H19F2N5O4.CHF3/c1-9-14-3-12(21)4-15(22)17(14)31-16(9)10(2)25-20(30)26-13-5-23-19(24-6-13)27-7-11(8-27)18(28)29;2-1(3)4/h3-6,10-11H,7-8H2,1-2H3,(H,28,29)(H2,25,26,30);1H. The number of carboxylic acids is 1. The summed E-state index contributed by atoms with van der Waals surface area (Å²) < 4.78 is 62.0. The first-order valence-electron chi connectivity index (χ1n) is 10.1. The van der Waals surface area contributed by atoms with E-state index in [4.69, 9.17) is 9.52 Å². The predicted octanol–water partition coefficient (Wildman–Crippen LogP) is 4.39. The van der Waals surface area contributed by atoms with E-state index in [0.717, 1.165) is 6.07 Å². The molecule has 9 nitrogen and oxygen atoms in total. The number of alkyl halides is 3. The van der Waals surface area contributed by atoms with Crippen LogP contribution in [-0.2, 0) is 4.79 Å². The smallest absolute Gasteiger partial charge is 0.379 e. The largest absolute Gasteiger partial charge is 0.481 e. The number of anilines is 2. The maximum Gasteiger partial charge on any atom is 0.379 e. The Bertz CT molecular complexity index is 1210. The highest BCUT2D eigenvalue weighted by molar-refractivity contribution is 5.89. The van der Waals surface area contributed by atoms with E-state index in [2.05, 4.69) is 20.6 Å². The molecule has 3 aromatic rings. The van der Waals surface area contributed by atoms with Crippen molar-refractivity contribution in [3.8, 4) is 0 Å². The maximum atomic E-state index is 14.0. The first-order valence-corrected chi connectivity index (χ1v) is 10.1. The van der Waals surface area contributed by atoms with Crippen LogP contribution < -0.4 is 15.5 Å². The van der Waals surface area contributed by atoms with Gasteiger partial charge in [-0.05, 0) is 19.9 Å². The van der Waals surface area contributed by atoms with Crippen LogP contribution in [0.3, 0.4) is 0 Å². The first-order chi connectivity index (χ1) is 16.5. The van der Waals surface area contributed by atoms with Crippen LogP contribution >= 0.6 is 0 Å². The quantitative estimate of drug-likeness (QED) is 0.444. The number of carbonyl (C=O) groups is 2. The zero-order chi connectivity index (χ0) is 25.9. The predicted molar refractivity (Wildman–Crippen MR) is 114 cm³/mol. The van der Waals surface area contributed by atoms with Gasteiger partial charge in [0.15, 0.2) is 11.4 Å². The minimum absolute atomic E-state index is 0.0666. The second kappa shape index (κ2) is 10.5. The minimum atomic E-state index is -3.67. The molecule has 0 saturated carbocycles. The number of aliphatic carboxylic acids is 1. The summed E-state index contributed by atoms with van der Waals surface area (Å²) in [5.74, 6) is -2.11.